The van der Waals surface area contributed by atoms with Crippen molar-refractivity contribution in [3.63, 3.8) is 0 Å². The van der Waals surface area contributed by atoms with Crippen molar-refractivity contribution in [1.82, 2.24) is 5.06 Å². The fourth-order valence-electron chi connectivity index (χ4n) is 4.93. The number of aliphatic carboxylic acids is 1. The minimum Gasteiger partial charge on any atom is -0.480 e. The van der Waals surface area contributed by atoms with Crippen molar-refractivity contribution in [1.29, 1.82) is 0 Å². The molecule has 36 heavy (non-hydrogen) atoms. The van der Waals surface area contributed by atoms with E-state index in [2.05, 4.69) is 13.8 Å². The van der Waals surface area contributed by atoms with Crippen LogP contribution in [0.1, 0.15) is 155 Å². The predicted octanol–water partition coefficient (Wildman–Crippen LogP) is 7.51. The zero-order valence-corrected chi connectivity index (χ0v) is 23.0. The van der Waals surface area contributed by atoms with Gasteiger partial charge >= 0.3 is 11.9 Å². The Hall–Kier alpha value is -1.92. The molecular formula is C29H51NO6. The summed E-state index contributed by atoms with van der Waals surface area (Å²) >= 11 is 0. The van der Waals surface area contributed by atoms with E-state index in [9.17, 15) is 24.3 Å². The molecule has 1 aliphatic rings. The number of carbonyl (C=O) groups excluding carboxylic acids is 3. The van der Waals surface area contributed by atoms with Crippen LogP contribution in [-0.2, 0) is 24.0 Å². The third kappa shape index (κ3) is 11.9. The number of carboxylic acid groups (broad SMARTS) is 1. The average molecular weight is 510 g/mol. The van der Waals surface area contributed by atoms with Gasteiger partial charge in [-0.2, -0.15) is 0 Å². The van der Waals surface area contributed by atoms with Crippen LogP contribution in [0, 0.1) is 5.41 Å². The van der Waals surface area contributed by atoms with Crippen molar-refractivity contribution in [2.75, 3.05) is 0 Å². The minimum absolute atomic E-state index is 0.0112. The molecule has 0 aromatic heterocycles. The lowest BCUT2D eigenvalue weighted by Crippen LogP contribution is -2.45. The van der Waals surface area contributed by atoms with Gasteiger partial charge in [0.15, 0.2) is 5.41 Å². The summed E-state index contributed by atoms with van der Waals surface area (Å²) in [5.41, 5.74) is -1.72. The highest BCUT2D eigenvalue weighted by atomic mass is 16.7. The fraction of sp³-hybridized carbons (Fsp3) is 0.862. The van der Waals surface area contributed by atoms with Gasteiger partial charge in [-0.15, -0.1) is 5.06 Å². The van der Waals surface area contributed by atoms with E-state index in [4.69, 9.17) is 4.84 Å². The van der Waals surface area contributed by atoms with Gasteiger partial charge in [0.05, 0.1) is 0 Å². The molecule has 0 radical (unpaired) electrons. The van der Waals surface area contributed by atoms with Crippen molar-refractivity contribution < 1.29 is 29.1 Å². The maximum atomic E-state index is 13.1. The molecule has 1 fully saturated rings. The van der Waals surface area contributed by atoms with Crippen LogP contribution in [0.15, 0.2) is 0 Å². The van der Waals surface area contributed by atoms with Crippen LogP contribution in [-0.4, -0.2) is 33.9 Å². The number of nitrogens with zero attached hydrogens (tertiary/aromatic N) is 1. The summed E-state index contributed by atoms with van der Waals surface area (Å²) in [5, 5.41) is 10.6. The molecule has 7 nitrogen and oxygen atoms in total. The summed E-state index contributed by atoms with van der Waals surface area (Å²) in [5.74, 6) is -3.36. The Labute approximate surface area is 218 Å². The second kappa shape index (κ2) is 19.2. The number of carbonyl (C=O) groups is 4. The Balaban J connectivity index is 2.62. The lowest BCUT2D eigenvalue weighted by atomic mass is 9.77. The van der Waals surface area contributed by atoms with Gasteiger partial charge < -0.3 is 9.94 Å². The van der Waals surface area contributed by atoms with Gasteiger partial charge in [0, 0.05) is 12.8 Å². The van der Waals surface area contributed by atoms with Crippen molar-refractivity contribution in [3.8, 4) is 0 Å². The largest absolute Gasteiger partial charge is 0.480 e. The summed E-state index contributed by atoms with van der Waals surface area (Å²) in [4.78, 5) is 54.6. The molecule has 1 N–H and O–H groups in total. The van der Waals surface area contributed by atoms with E-state index in [1.54, 1.807) is 0 Å². The van der Waals surface area contributed by atoms with Crippen LogP contribution < -0.4 is 0 Å². The second-order valence-electron chi connectivity index (χ2n) is 10.5. The van der Waals surface area contributed by atoms with Crippen molar-refractivity contribution in [2.45, 2.75) is 155 Å². The Bertz CT molecular complexity index is 624. The lowest BCUT2D eigenvalue weighted by Gasteiger charge is -2.28. The average Bonchev–Trinajstić information content (AvgIpc) is 3.17. The minimum atomic E-state index is -1.72. The Morgan fingerprint density at radius 3 is 1.33 bits per heavy atom. The highest BCUT2D eigenvalue weighted by Crippen LogP contribution is 2.35. The SMILES string of the molecule is CCCCCCCCCCCC(CCCCCCCCCCC)(C(=O)O)C(=O)ON1C(=O)CCC1=O. The first-order valence-corrected chi connectivity index (χ1v) is 14.7. The quantitative estimate of drug-likeness (QED) is 0.0869. The van der Waals surface area contributed by atoms with Crippen LogP contribution in [0.4, 0.5) is 0 Å². The molecule has 1 rings (SSSR count). The number of hydrogen-bond donors (Lipinski definition) is 1. The van der Waals surface area contributed by atoms with Crippen molar-refractivity contribution >= 4 is 23.8 Å². The maximum absolute atomic E-state index is 13.1. The zero-order valence-electron chi connectivity index (χ0n) is 23.0. The highest BCUT2D eigenvalue weighted by Gasteiger charge is 2.49. The number of carboxylic acids is 1. The molecule has 0 atom stereocenters. The smallest absolute Gasteiger partial charge is 0.350 e. The van der Waals surface area contributed by atoms with Crippen molar-refractivity contribution in [3.05, 3.63) is 0 Å². The van der Waals surface area contributed by atoms with Crippen LogP contribution in [0.3, 0.4) is 0 Å². The third-order valence-corrected chi connectivity index (χ3v) is 7.39. The maximum Gasteiger partial charge on any atom is 0.350 e. The molecule has 1 aliphatic heterocycles. The van der Waals surface area contributed by atoms with Crippen LogP contribution >= 0.6 is 0 Å². The summed E-state index contributed by atoms with van der Waals surface area (Å²) in [6.45, 7) is 4.40. The Morgan fingerprint density at radius 1 is 0.667 bits per heavy atom. The number of rotatable bonds is 23. The molecule has 0 aromatic rings. The van der Waals surface area contributed by atoms with E-state index < -0.39 is 29.2 Å². The van der Waals surface area contributed by atoms with Crippen molar-refractivity contribution in [2.24, 2.45) is 5.41 Å². The fourth-order valence-corrected chi connectivity index (χ4v) is 4.93. The predicted molar refractivity (Wildman–Crippen MR) is 141 cm³/mol. The number of amides is 2. The van der Waals surface area contributed by atoms with Gasteiger partial charge in [0.2, 0.25) is 0 Å². The van der Waals surface area contributed by atoms with Gasteiger partial charge in [-0.3, -0.25) is 14.4 Å². The highest BCUT2D eigenvalue weighted by molar-refractivity contribution is 6.04. The summed E-state index contributed by atoms with van der Waals surface area (Å²) in [6.07, 6.45) is 19.8. The Kier molecular flexibility index (Phi) is 17.1. The van der Waals surface area contributed by atoms with Gasteiger partial charge in [-0.1, -0.05) is 129 Å². The van der Waals surface area contributed by atoms with Crippen LogP contribution in [0.2, 0.25) is 0 Å². The summed E-state index contributed by atoms with van der Waals surface area (Å²) < 4.78 is 0. The molecule has 2 amide bonds. The first-order valence-electron chi connectivity index (χ1n) is 14.7. The van der Waals surface area contributed by atoms with E-state index in [-0.39, 0.29) is 25.7 Å². The molecule has 0 unspecified atom stereocenters. The van der Waals surface area contributed by atoms with Gasteiger partial charge in [-0.05, 0) is 12.8 Å². The number of imide groups is 1. The van der Waals surface area contributed by atoms with Gasteiger partial charge in [-0.25, -0.2) is 4.79 Å². The monoisotopic (exact) mass is 509 g/mol. The molecule has 0 bridgehead atoms. The van der Waals surface area contributed by atoms with E-state index in [1.165, 1.54) is 64.2 Å². The molecule has 0 saturated carbocycles. The third-order valence-electron chi connectivity index (χ3n) is 7.39. The zero-order chi connectivity index (χ0) is 26.7. The number of hydroxylamine groups is 2. The molecule has 0 aliphatic carbocycles. The number of unbranched alkanes of at least 4 members (excludes halogenated alkanes) is 16. The van der Waals surface area contributed by atoms with E-state index in [0.717, 1.165) is 38.5 Å². The lowest BCUT2D eigenvalue weighted by molar-refractivity contribution is -0.208. The normalized spacial score (nSPS) is 14.0. The van der Waals surface area contributed by atoms with Crippen LogP contribution in [0.5, 0.6) is 0 Å². The van der Waals surface area contributed by atoms with E-state index in [0.29, 0.717) is 17.9 Å². The molecular weight excluding hydrogens is 458 g/mol. The van der Waals surface area contributed by atoms with E-state index in [1.807, 2.05) is 0 Å². The van der Waals surface area contributed by atoms with Crippen LogP contribution in [0.25, 0.3) is 0 Å². The Morgan fingerprint density at radius 2 is 1.00 bits per heavy atom. The molecule has 208 valence electrons. The first-order chi connectivity index (χ1) is 17.4. The standard InChI is InChI=1S/C29H51NO6/c1-3-5-7-9-11-13-15-17-19-23-29(27(33)34,24-20-18-16-14-12-10-8-6-4-2)28(35)36-30-25(31)21-22-26(30)32/h3-24H2,1-2H3,(H,33,34). The molecule has 1 heterocycles. The first kappa shape index (κ1) is 32.1. The molecule has 7 heteroatoms. The second-order valence-corrected chi connectivity index (χ2v) is 10.5. The summed E-state index contributed by atoms with van der Waals surface area (Å²) in [6, 6.07) is 0. The molecule has 1 saturated heterocycles. The topological polar surface area (TPSA) is 101 Å². The number of hydrogen-bond acceptors (Lipinski definition) is 5. The summed E-state index contributed by atoms with van der Waals surface area (Å²) in [7, 11) is 0. The van der Waals surface area contributed by atoms with Gasteiger partial charge in [0.25, 0.3) is 11.8 Å². The van der Waals surface area contributed by atoms with Gasteiger partial charge in [0.1, 0.15) is 0 Å². The van der Waals surface area contributed by atoms with E-state index >= 15 is 0 Å². The molecule has 0 spiro atoms. The molecule has 0 aromatic carbocycles.